The van der Waals surface area contributed by atoms with E-state index in [-0.39, 0.29) is 88.8 Å². The fraction of sp³-hybridized carbons (Fsp3) is 0.611. The van der Waals surface area contributed by atoms with Gasteiger partial charge in [-0.2, -0.15) is 29.8 Å². The largest absolute Gasteiger partial charge is 0.465 e. The molecule has 0 amide bonds. The summed E-state index contributed by atoms with van der Waals surface area (Å²) in [4.78, 5) is 11.6. The Morgan fingerprint density at radius 3 is 2.65 bits per heavy atom. The summed E-state index contributed by atoms with van der Waals surface area (Å²) in [6.45, 7) is 8.99. The molecule has 0 bridgehead atoms. The molecule has 1 heterocycles. The Morgan fingerprint density at radius 2 is 2.13 bits per heavy atom. The molecule has 1 fully saturated rings. The van der Waals surface area contributed by atoms with E-state index in [0.29, 0.717) is 13.2 Å². The number of carbonyl (C=O) groups is 1. The van der Waals surface area contributed by atoms with Crippen LogP contribution in [0.25, 0.3) is 0 Å². The Morgan fingerprint density at radius 1 is 1.43 bits per heavy atom. The Balaban J connectivity index is 0.00000242. The molecule has 1 aromatic rings. The monoisotopic (exact) mass is 467 g/mol. The molecule has 2 rings (SSSR count). The van der Waals surface area contributed by atoms with Crippen LogP contribution in [0.3, 0.4) is 0 Å². The SMILES string of the molecule is CC[C@]1(c2[c-]cc(C)cc2)C[C@H](COC(=O)C(C)C)CO1.[Y].[Y]. The third-order valence-corrected chi connectivity index (χ3v) is 4.18. The van der Waals surface area contributed by atoms with Crippen molar-refractivity contribution in [3.63, 3.8) is 0 Å². The summed E-state index contributed by atoms with van der Waals surface area (Å²) in [6.07, 6.45) is 1.79. The van der Waals surface area contributed by atoms with E-state index >= 15 is 0 Å². The van der Waals surface area contributed by atoms with Crippen molar-refractivity contribution < 1.29 is 79.7 Å². The van der Waals surface area contributed by atoms with Gasteiger partial charge in [-0.15, -0.1) is 5.56 Å². The van der Waals surface area contributed by atoms with Crippen molar-refractivity contribution in [2.45, 2.75) is 46.1 Å². The van der Waals surface area contributed by atoms with Gasteiger partial charge in [0.25, 0.3) is 0 Å². The van der Waals surface area contributed by atoms with Gasteiger partial charge >= 0.3 is 5.97 Å². The normalized spacial score (nSPS) is 23.1. The van der Waals surface area contributed by atoms with E-state index in [1.165, 1.54) is 5.56 Å². The van der Waals surface area contributed by atoms with Crippen LogP contribution in [0.15, 0.2) is 18.2 Å². The van der Waals surface area contributed by atoms with Crippen LogP contribution in [0.4, 0.5) is 0 Å². The molecule has 0 N–H and O–H groups in total. The molecule has 1 aliphatic rings. The van der Waals surface area contributed by atoms with Crippen molar-refractivity contribution >= 4 is 5.97 Å². The fourth-order valence-electron chi connectivity index (χ4n) is 2.75. The zero-order chi connectivity index (χ0) is 15.5. The molecule has 1 aliphatic heterocycles. The van der Waals surface area contributed by atoms with Gasteiger partial charge in [0.05, 0.1) is 24.7 Å². The molecule has 2 radical (unpaired) electrons. The second kappa shape index (κ2) is 10.8. The first-order valence-electron chi connectivity index (χ1n) is 7.76. The Kier molecular flexibility index (Phi) is 11.2. The zero-order valence-electron chi connectivity index (χ0n) is 14.6. The van der Waals surface area contributed by atoms with Crippen molar-refractivity contribution in [2.24, 2.45) is 11.8 Å². The third kappa shape index (κ3) is 6.26. The summed E-state index contributed by atoms with van der Waals surface area (Å²) in [5, 5.41) is 0. The molecule has 1 saturated heterocycles. The molecular weight excluding hydrogens is 442 g/mol. The maximum atomic E-state index is 11.6. The van der Waals surface area contributed by atoms with Crippen LogP contribution in [-0.2, 0) is 85.3 Å². The number of aryl methyl sites for hydroxylation is 1. The van der Waals surface area contributed by atoms with Crippen LogP contribution in [0, 0.1) is 24.8 Å². The predicted molar refractivity (Wildman–Crippen MR) is 81.8 cm³/mol. The number of esters is 1. The Bertz CT molecular complexity index is 488. The molecule has 0 saturated carbocycles. The molecule has 23 heavy (non-hydrogen) atoms. The molecule has 122 valence electrons. The van der Waals surface area contributed by atoms with Crippen LogP contribution in [0.2, 0.25) is 0 Å². The molecule has 5 heteroatoms. The van der Waals surface area contributed by atoms with Gasteiger partial charge in [0.1, 0.15) is 0 Å². The average molecular weight is 467 g/mol. The van der Waals surface area contributed by atoms with Gasteiger partial charge in [0, 0.05) is 71.3 Å². The van der Waals surface area contributed by atoms with Gasteiger partial charge in [-0.3, -0.25) is 4.79 Å². The maximum Gasteiger partial charge on any atom is 0.308 e. The van der Waals surface area contributed by atoms with Crippen molar-refractivity contribution in [1.82, 2.24) is 0 Å². The second-order valence-electron chi connectivity index (χ2n) is 6.29. The van der Waals surface area contributed by atoms with Crippen LogP contribution >= 0.6 is 0 Å². The van der Waals surface area contributed by atoms with Crippen LogP contribution in [-0.4, -0.2) is 19.2 Å². The predicted octanol–water partition coefficient (Wildman–Crippen LogP) is 3.63. The number of hydrogen-bond acceptors (Lipinski definition) is 3. The zero-order valence-corrected chi connectivity index (χ0v) is 20.3. The molecule has 2 atom stereocenters. The van der Waals surface area contributed by atoms with Gasteiger partial charge in [-0.1, -0.05) is 27.7 Å². The molecule has 0 unspecified atom stereocenters. The van der Waals surface area contributed by atoms with Gasteiger partial charge in [0.2, 0.25) is 0 Å². The van der Waals surface area contributed by atoms with Crippen molar-refractivity contribution in [1.29, 1.82) is 0 Å². The summed E-state index contributed by atoms with van der Waals surface area (Å²) in [7, 11) is 0. The number of benzene rings is 1. The van der Waals surface area contributed by atoms with Crippen molar-refractivity contribution in [2.75, 3.05) is 13.2 Å². The number of carbonyl (C=O) groups excluding carboxylic acids is 1. The second-order valence-corrected chi connectivity index (χ2v) is 6.29. The van der Waals surface area contributed by atoms with E-state index in [1.807, 2.05) is 19.9 Å². The molecule has 0 spiro atoms. The number of rotatable bonds is 5. The molecule has 3 nitrogen and oxygen atoms in total. The summed E-state index contributed by atoms with van der Waals surface area (Å²) in [5.74, 6) is 0.0573. The quantitative estimate of drug-likeness (QED) is 0.491. The van der Waals surface area contributed by atoms with Crippen LogP contribution in [0.1, 0.15) is 44.7 Å². The Labute approximate surface area is 190 Å². The maximum absolute atomic E-state index is 11.6. The van der Waals surface area contributed by atoms with Gasteiger partial charge in [-0.05, 0) is 12.8 Å². The van der Waals surface area contributed by atoms with Crippen LogP contribution in [0.5, 0.6) is 0 Å². The summed E-state index contributed by atoms with van der Waals surface area (Å²) in [5.41, 5.74) is 2.03. The van der Waals surface area contributed by atoms with E-state index in [0.717, 1.165) is 18.4 Å². The fourth-order valence-corrected chi connectivity index (χ4v) is 2.75. The topological polar surface area (TPSA) is 35.5 Å². The van der Waals surface area contributed by atoms with Gasteiger partial charge in [-0.25, -0.2) is 0 Å². The van der Waals surface area contributed by atoms with Crippen LogP contribution < -0.4 is 0 Å². The minimum atomic E-state index is -0.275. The summed E-state index contributed by atoms with van der Waals surface area (Å²) in [6, 6.07) is 9.54. The van der Waals surface area contributed by atoms with E-state index in [1.54, 1.807) is 0 Å². The van der Waals surface area contributed by atoms with E-state index in [2.05, 4.69) is 32.0 Å². The van der Waals surface area contributed by atoms with E-state index in [4.69, 9.17) is 9.47 Å². The van der Waals surface area contributed by atoms with Crippen molar-refractivity contribution in [3.05, 3.63) is 35.4 Å². The molecular formula is C18H25O3Y2-. The van der Waals surface area contributed by atoms with Gasteiger partial charge in [0.15, 0.2) is 0 Å². The van der Waals surface area contributed by atoms with E-state index < -0.39 is 0 Å². The first-order valence-corrected chi connectivity index (χ1v) is 7.76. The van der Waals surface area contributed by atoms with Gasteiger partial charge < -0.3 is 9.47 Å². The smallest absolute Gasteiger partial charge is 0.308 e. The minimum absolute atomic E-state index is 0. The van der Waals surface area contributed by atoms with Crippen molar-refractivity contribution in [3.8, 4) is 0 Å². The Hall–Kier alpha value is 0.858. The standard InChI is InChI=1S/C18H25O3.2Y/c1-5-18(16-8-6-14(4)7-9-16)10-15(12-21-18)11-20-17(19)13(2)3;;/h6-8,13,15H,5,10-12H2,1-4H3;;/q-1;;/t15-,18-;;/m1../s1. The third-order valence-electron chi connectivity index (χ3n) is 4.18. The first-order chi connectivity index (χ1) is 9.97. The molecule has 0 aromatic heterocycles. The summed E-state index contributed by atoms with van der Waals surface area (Å²) < 4.78 is 11.4. The molecule has 1 aromatic carbocycles. The average Bonchev–Trinajstić information content (AvgIpc) is 2.90. The first kappa shape index (κ1) is 23.9. The number of hydrogen-bond donors (Lipinski definition) is 0. The summed E-state index contributed by atoms with van der Waals surface area (Å²) >= 11 is 0. The number of ether oxygens (including phenoxy) is 2. The molecule has 0 aliphatic carbocycles. The minimum Gasteiger partial charge on any atom is -0.465 e. The van der Waals surface area contributed by atoms with E-state index in [9.17, 15) is 4.79 Å².